The van der Waals surface area contributed by atoms with Gasteiger partial charge < -0.3 is 10.3 Å². The van der Waals surface area contributed by atoms with E-state index in [4.69, 9.17) is 11.6 Å². The van der Waals surface area contributed by atoms with Crippen molar-refractivity contribution in [3.8, 4) is 0 Å². The van der Waals surface area contributed by atoms with E-state index in [-0.39, 0.29) is 11.5 Å². The van der Waals surface area contributed by atoms with Crippen LogP contribution in [0.1, 0.15) is 15.9 Å². The molecular formula is C17H13ClN2O2. The molecule has 22 heavy (non-hydrogen) atoms. The SMILES string of the molecule is Cc1cc(=O)[nH]c2ccc(NC(=O)c3cccc(Cl)c3)cc12. The number of pyridine rings is 1. The monoisotopic (exact) mass is 312 g/mol. The van der Waals surface area contributed by atoms with Gasteiger partial charge in [0, 0.05) is 33.2 Å². The molecule has 0 aliphatic rings. The standard InChI is InChI=1S/C17H13ClN2O2/c1-10-7-16(21)20-15-6-5-13(9-14(10)15)19-17(22)11-3-2-4-12(18)8-11/h2-9H,1H3,(H,19,22)(H,20,21). The van der Waals surface area contributed by atoms with Crippen LogP contribution in [0.25, 0.3) is 10.9 Å². The minimum atomic E-state index is -0.232. The number of rotatable bonds is 2. The summed E-state index contributed by atoms with van der Waals surface area (Å²) < 4.78 is 0. The van der Waals surface area contributed by atoms with Crippen molar-refractivity contribution in [2.24, 2.45) is 0 Å². The number of nitrogens with one attached hydrogen (secondary N) is 2. The van der Waals surface area contributed by atoms with Crippen molar-refractivity contribution in [3.63, 3.8) is 0 Å². The molecule has 0 aliphatic carbocycles. The zero-order valence-electron chi connectivity index (χ0n) is 11.8. The van der Waals surface area contributed by atoms with Crippen molar-refractivity contribution in [2.75, 3.05) is 5.32 Å². The van der Waals surface area contributed by atoms with Crippen LogP contribution in [0.3, 0.4) is 0 Å². The van der Waals surface area contributed by atoms with E-state index in [9.17, 15) is 9.59 Å². The first kappa shape index (κ1) is 14.4. The number of aromatic nitrogens is 1. The topological polar surface area (TPSA) is 62.0 Å². The van der Waals surface area contributed by atoms with Gasteiger partial charge in [0.25, 0.3) is 5.91 Å². The molecule has 3 aromatic rings. The van der Waals surface area contributed by atoms with Gasteiger partial charge in [-0.1, -0.05) is 17.7 Å². The third-order valence-electron chi connectivity index (χ3n) is 3.39. The number of carbonyl (C=O) groups is 1. The van der Waals surface area contributed by atoms with Crippen molar-refractivity contribution in [2.45, 2.75) is 6.92 Å². The van der Waals surface area contributed by atoms with Crippen LogP contribution in [0, 0.1) is 6.92 Å². The fourth-order valence-electron chi connectivity index (χ4n) is 2.33. The zero-order valence-corrected chi connectivity index (χ0v) is 12.6. The smallest absolute Gasteiger partial charge is 0.255 e. The quantitative estimate of drug-likeness (QED) is 0.757. The van der Waals surface area contributed by atoms with Crippen molar-refractivity contribution in [1.82, 2.24) is 4.98 Å². The molecule has 0 unspecified atom stereocenters. The van der Waals surface area contributed by atoms with E-state index < -0.39 is 0 Å². The summed E-state index contributed by atoms with van der Waals surface area (Å²) in [6, 6.07) is 13.7. The van der Waals surface area contributed by atoms with E-state index in [0.29, 0.717) is 16.3 Å². The third-order valence-corrected chi connectivity index (χ3v) is 3.63. The van der Waals surface area contributed by atoms with Gasteiger partial charge in [0.05, 0.1) is 0 Å². The molecule has 2 N–H and O–H groups in total. The van der Waals surface area contributed by atoms with Gasteiger partial charge in [0.1, 0.15) is 0 Å². The highest BCUT2D eigenvalue weighted by Gasteiger charge is 2.08. The van der Waals surface area contributed by atoms with Crippen molar-refractivity contribution in [1.29, 1.82) is 0 Å². The lowest BCUT2D eigenvalue weighted by Gasteiger charge is -2.08. The minimum Gasteiger partial charge on any atom is -0.322 e. The second-order valence-corrected chi connectivity index (χ2v) is 5.48. The Balaban J connectivity index is 1.94. The molecular weight excluding hydrogens is 300 g/mol. The Kier molecular flexibility index (Phi) is 3.69. The van der Waals surface area contributed by atoms with Gasteiger partial charge >= 0.3 is 0 Å². The predicted octanol–water partition coefficient (Wildman–Crippen LogP) is 3.74. The van der Waals surface area contributed by atoms with E-state index >= 15 is 0 Å². The average molecular weight is 313 g/mol. The molecule has 0 aliphatic heterocycles. The van der Waals surface area contributed by atoms with Crippen molar-refractivity contribution >= 4 is 34.1 Å². The van der Waals surface area contributed by atoms with Gasteiger partial charge in [-0.2, -0.15) is 0 Å². The molecule has 2 aromatic carbocycles. The maximum atomic E-state index is 12.2. The molecule has 0 atom stereocenters. The Hall–Kier alpha value is -2.59. The molecule has 0 saturated carbocycles. The zero-order chi connectivity index (χ0) is 15.7. The van der Waals surface area contributed by atoms with Gasteiger partial charge in [-0.15, -0.1) is 0 Å². The summed E-state index contributed by atoms with van der Waals surface area (Å²) in [6.45, 7) is 1.86. The summed E-state index contributed by atoms with van der Waals surface area (Å²) in [7, 11) is 0. The average Bonchev–Trinajstić information content (AvgIpc) is 2.48. The fraction of sp³-hybridized carbons (Fsp3) is 0.0588. The number of fused-ring (bicyclic) bond motifs is 1. The van der Waals surface area contributed by atoms with E-state index in [2.05, 4.69) is 10.3 Å². The highest BCUT2D eigenvalue weighted by Crippen LogP contribution is 2.20. The number of aromatic amines is 1. The van der Waals surface area contributed by atoms with Crippen LogP contribution in [0.5, 0.6) is 0 Å². The maximum absolute atomic E-state index is 12.2. The van der Waals surface area contributed by atoms with Gasteiger partial charge in [0.15, 0.2) is 0 Å². The first-order chi connectivity index (χ1) is 10.5. The Morgan fingerprint density at radius 3 is 2.73 bits per heavy atom. The summed E-state index contributed by atoms with van der Waals surface area (Å²) >= 11 is 5.89. The number of aryl methyl sites for hydroxylation is 1. The highest BCUT2D eigenvalue weighted by atomic mass is 35.5. The van der Waals surface area contributed by atoms with Gasteiger partial charge in [-0.25, -0.2) is 0 Å². The first-order valence-electron chi connectivity index (χ1n) is 6.73. The van der Waals surface area contributed by atoms with Crippen molar-refractivity contribution in [3.05, 3.63) is 75.0 Å². The first-order valence-corrected chi connectivity index (χ1v) is 7.11. The summed E-state index contributed by atoms with van der Waals surface area (Å²) in [4.78, 5) is 26.4. The second kappa shape index (κ2) is 5.66. The van der Waals surface area contributed by atoms with Crippen LogP contribution < -0.4 is 10.9 Å². The second-order valence-electron chi connectivity index (χ2n) is 5.04. The molecule has 5 heteroatoms. The number of hydrogen-bond donors (Lipinski definition) is 2. The Labute approximate surface area is 131 Å². The molecule has 1 aromatic heterocycles. The molecule has 4 nitrogen and oxygen atoms in total. The van der Waals surface area contributed by atoms with Crippen LogP contribution in [0.4, 0.5) is 5.69 Å². The Morgan fingerprint density at radius 1 is 1.14 bits per heavy atom. The largest absolute Gasteiger partial charge is 0.322 e. The molecule has 0 saturated heterocycles. The van der Waals surface area contributed by atoms with E-state index in [1.54, 1.807) is 36.4 Å². The van der Waals surface area contributed by atoms with Crippen LogP contribution >= 0.6 is 11.6 Å². The van der Waals surface area contributed by atoms with E-state index in [1.165, 1.54) is 6.07 Å². The highest BCUT2D eigenvalue weighted by molar-refractivity contribution is 6.31. The lowest BCUT2D eigenvalue weighted by atomic mass is 10.1. The molecule has 1 amide bonds. The molecule has 110 valence electrons. The van der Waals surface area contributed by atoms with E-state index in [1.807, 2.05) is 13.0 Å². The molecule has 0 spiro atoms. The number of halogens is 1. The van der Waals surface area contributed by atoms with Crippen LogP contribution in [-0.2, 0) is 0 Å². The molecule has 0 bridgehead atoms. The Morgan fingerprint density at radius 2 is 1.95 bits per heavy atom. The maximum Gasteiger partial charge on any atom is 0.255 e. The van der Waals surface area contributed by atoms with Gasteiger partial charge in [-0.05, 0) is 48.9 Å². The summed E-state index contributed by atoms with van der Waals surface area (Å²) in [6.07, 6.45) is 0. The normalized spacial score (nSPS) is 10.6. The van der Waals surface area contributed by atoms with Crippen molar-refractivity contribution < 1.29 is 4.79 Å². The Bertz CT molecular complexity index is 931. The number of H-pyrrole nitrogens is 1. The van der Waals surface area contributed by atoms with Crippen LogP contribution in [-0.4, -0.2) is 10.9 Å². The number of hydrogen-bond acceptors (Lipinski definition) is 2. The number of benzene rings is 2. The van der Waals surface area contributed by atoms with Crippen LogP contribution in [0.2, 0.25) is 5.02 Å². The lowest BCUT2D eigenvalue weighted by Crippen LogP contribution is -2.12. The minimum absolute atomic E-state index is 0.138. The van der Waals surface area contributed by atoms with Gasteiger partial charge in [-0.3, -0.25) is 9.59 Å². The number of anilines is 1. The van der Waals surface area contributed by atoms with Crippen LogP contribution in [0.15, 0.2) is 53.3 Å². The van der Waals surface area contributed by atoms with E-state index in [0.717, 1.165) is 16.5 Å². The summed E-state index contributed by atoms with van der Waals surface area (Å²) in [5, 5.41) is 4.24. The van der Waals surface area contributed by atoms with Gasteiger partial charge in [0.2, 0.25) is 5.56 Å². The number of carbonyl (C=O) groups excluding carboxylic acids is 1. The predicted molar refractivity (Wildman–Crippen MR) is 88.7 cm³/mol. The number of amides is 1. The fourth-order valence-corrected chi connectivity index (χ4v) is 2.52. The lowest BCUT2D eigenvalue weighted by molar-refractivity contribution is 0.102. The molecule has 0 radical (unpaired) electrons. The summed E-state index contributed by atoms with van der Waals surface area (Å²) in [5.74, 6) is -0.232. The molecule has 1 heterocycles. The molecule has 0 fully saturated rings. The summed E-state index contributed by atoms with van der Waals surface area (Å²) in [5.41, 5.74) is 2.61. The molecule has 3 rings (SSSR count). The third kappa shape index (κ3) is 2.87.